The number of benzene rings is 2. The molecule has 2 aromatic carbocycles. The van der Waals surface area contributed by atoms with Gasteiger partial charge < -0.3 is 10.5 Å². The summed E-state index contributed by atoms with van der Waals surface area (Å²) in [6.07, 6.45) is 0.690. The van der Waals surface area contributed by atoms with Crippen molar-refractivity contribution in [2.75, 3.05) is 12.3 Å². The van der Waals surface area contributed by atoms with Crippen molar-refractivity contribution in [1.82, 2.24) is 0 Å². The van der Waals surface area contributed by atoms with Crippen molar-refractivity contribution in [1.29, 1.82) is 0 Å². The van der Waals surface area contributed by atoms with E-state index in [0.717, 1.165) is 5.56 Å². The van der Waals surface area contributed by atoms with Crippen molar-refractivity contribution in [3.8, 4) is 0 Å². The molecule has 0 fully saturated rings. The van der Waals surface area contributed by atoms with Crippen LogP contribution in [0.25, 0.3) is 0 Å². The summed E-state index contributed by atoms with van der Waals surface area (Å²) in [4.78, 5) is 11.8. The quantitative estimate of drug-likeness (QED) is 0.688. The number of esters is 1. The normalized spacial score (nSPS) is 10.2. The number of carbonyl (C=O) groups excluding carboxylic acids is 1. The van der Waals surface area contributed by atoms with Crippen LogP contribution in [0.2, 0.25) is 5.02 Å². The molecular weight excluding hydrogens is 262 g/mol. The zero-order valence-electron chi connectivity index (χ0n) is 10.3. The number of hydrogen-bond acceptors (Lipinski definition) is 3. The van der Waals surface area contributed by atoms with Gasteiger partial charge in [0.15, 0.2) is 0 Å². The van der Waals surface area contributed by atoms with Crippen molar-refractivity contribution >= 4 is 23.3 Å². The molecule has 0 heterocycles. The fraction of sp³-hybridized carbons (Fsp3) is 0.133. The van der Waals surface area contributed by atoms with Crippen LogP contribution in [0.15, 0.2) is 48.5 Å². The van der Waals surface area contributed by atoms with Crippen LogP contribution in [0.3, 0.4) is 0 Å². The van der Waals surface area contributed by atoms with Crippen molar-refractivity contribution in [2.24, 2.45) is 0 Å². The van der Waals surface area contributed by atoms with Gasteiger partial charge in [0.05, 0.1) is 22.9 Å². The molecule has 0 atom stereocenters. The number of halogens is 1. The number of ether oxygens (including phenoxy) is 1. The first-order valence-electron chi connectivity index (χ1n) is 5.93. The highest BCUT2D eigenvalue weighted by Crippen LogP contribution is 2.20. The minimum Gasteiger partial charge on any atom is -0.462 e. The standard InChI is InChI=1S/C15H14ClNO2/c16-13-10-12(6-7-14(13)17)15(18)19-9-8-11-4-2-1-3-5-11/h1-7,10H,8-9,17H2. The molecule has 3 nitrogen and oxygen atoms in total. The second-order valence-corrected chi connectivity index (χ2v) is 4.52. The van der Waals surface area contributed by atoms with E-state index < -0.39 is 5.97 Å². The fourth-order valence-corrected chi connectivity index (χ4v) is 1.82. The number of hydrogen-bond donors (Lipinski definition) is 1. The molecule has 4 heteroatoms. The zero-order valence-corrected chi connectivity index (χ0v) is 11.1. The van der Waals surface area contributed by atoms with E-state index in [2.05, 4.69) is 0 Å². The van der Waals surface area contributed by atoms with Gasteiger partial charge in [-0.05, 0) is 23.8 Å². The second-order valence-electron chi connectivity index (χ2n) is 4.11. The molecule has 0 saturated heterocycles. The molecule has 0 aromatic heterocycles. The average Bonchev–Trinajstić information content (AvgIpc) is 2.43. The lowest BCUT2D eigenvalue weighted by Crippen LogP contribution is -2.08. The summed E-state index contributed by atoms with van der Waals surface area (Å²) in [5.74, 6) is -0.391. The third-order valence-corrected chi connectivity index (χ3v) is 3.03. The Morgan fingerprint density at radius 2 is 1.89 bits per heavy atom. The van der Waals surface area contributed by atoms with Crippen LogP contribution in [-0.2, 0) is 11.2 Å². The van der Waals surface area contributed by atoms with E-state index in [4.69, 9.17) is 22.1 Å². The Bertz CT molecular complexity index is 570. The molecule has 0 saturated carbocycles. The summed E-state index contributed by atoms with van der Waals surface area (Å²) in [6, 6.07) is 14.6. The molecule has 0 aliphatic carbocycles. The number of anilines is 1. The highest BCUT2D eigenvalue weighted by Gasteiger charge is 2.08. The minimum absolute atomic E-state index is 0.338. The van der Waals surface area contributed by atoms with Crippen molar-refractivity contribution in [3.05, 3.63) is 64.7 Å². The number of nitrogens with two attached hydrogens (primary N) is 1. The summed E-state index contributed by atoms with van der Waals surface area (Å²) < 4.78 is 5.19. The molecular formula is C15H14ClNO2. The third-order valence-electron chi connectivity index (χ3n) is 2.70. The third kappa shape index (κ3) is 3.73. The van der Waals surface area contributed by atoms with Gasteiger partial charge >= 0.3 is 5.97 Å². The Morgan fingerprint density at radius 1 is 1.16 bits per heavy atom. The molecule has 0 bridgehead atoms. The topological polar surface area (TPSA) is 52.3 Å². The van der Waals surface area contributed by atoms with Crippen molar-refractivity contribution < 1.29 is 9.53 Å². The predicted octanol–water partition coefficient (Wildman–Crippen LogP) is 3.32. The lowest BCUT2D eigenvalue weighted by molar-refractivity contribution is 0.0509. The summed E-state index contributed by atoms with van der Waals surface area (Å²) in [5, 5.41) is 0.359. The molecule has 2 N–H and O–H groups in total. The number of nitrogen functional groups attached to an aromatic ring is 1. The van der Waals surface area contributed by atoms with Gasteiger partial charge in [-0.15, -0.1) is 0 Å². The van der Waals surface area contributed by atoms with Crippen LogP contribution >= 0.6 is 11.6 Å². The van der Waals surface area contributed by atoms with E-state index in [9.17, 15) is 4.79 Å². The van der Waals surface area contributed by atoms with E-state index in [1.54, 1.807) is 12.1 Å². The molecule has 0 unspecified atom stereocenters. The second kappa shape index (κ2) is 6.25. The summed E-state index contributed by atoms with van der Waals surface area (Å²) in [6.45, 7) is 0.338. The highest BCUT2D eigenvalue weighted by atomic mass is 35.5. The molecule has 98 valence electrons. The minimum atomic E-state index is -0.391. The van der Waals surface area contributed by atoms with Gasteiger partial charge in [-0.1, -0.05) is 41.9 Å². The van der Waals surface area contributed by atoms with E-state index in [1.807, 2.05) is 30.3 Å². The van der Waals surface area contributed by atoms with E-state index in [-0.39, 0.29) is 0 Å². The van der Waals surface area contributed by atoms with Gasteiger partial charge in [-0.25, -0.2) is 4.79 Å². The molecule has 19 heavy (non-hydrogen) atoms. The maximum absolute atomic E-state index is 11.8. The first kappa shape index (κ1) is 13.4. The zero-order chi connectivity index (χ0) is 13.7. The Labute approximate surface area is 117 Å². The van der Waals surface area contributed by atoms with E-state index >= 15 is 0 Å². The molecule has 0 amide bonds. The van der Waals surface area contributed by atoms with Gasteiger partial charge in [0.25, 0.3) is 0 Å². The van der Waals surface area contributed by atoms with Crippen LogP contribution in [0, 0.1) is 0 Å². The van der Waals surface area contributed by atoms with Crippen LogP contribution in [0.4, 0.5) is 5.69 Å². The lowest BCUT2D eigenvalue weighted by Gasteiger charge is -2.06. The Morgan fingerprint density at radius 3 is 2.58 bits per heavy atom. The monoisotopic (exact) mass is 275 g/mol. The molecule has 0 spiro atoms. The predicted molar refractivity (Wildman–Crippen MR) is 76.3 cm³/mol. The van der Waals surface area contributed by atoms with Crippen molar-refractivity contribution in [3.63, 3.8) is 0 Å². The molecule has 2 aromatic rings. The van der Waals surface area contributed by atoms with Gasteiger partial charge in [0.2, 0.25) is 0 Å². The maximum atomic E-state index is 11.8. The van der Waals surface area contributed by atoms with E-state index in [1.165, 1.54) is 6.07 Å². The lowest BCUT2D eigenvalue weighted by atomic mass is 10.2. The SMILES string of the molecule is Nc1ccc(C(=O)OCCc2ccccc2)cc1Cl. The van der Waals surface area contributed by atoms with Gasteiger partial charge in [-0.3, -0.25) is 0 Å². The van der Waals surface area contributed by atoms with Crippen LogP contribution in [-0.4, -0.2) is 12.6 Å². The summed E-state index contributed by atoms with van der Waals surface area (Å²) >= 11 is 5.86. The van der Waals surface area contributed by atoms with Gasteiger partial charge in [0, 0.05) is 6.42 Å². The largest absolute Gasteiger partial charge is 0.462 e. The van der Waals surface area contributed by atoms with Gasteiger partial charge in [-0.2, -0.15) is 0 Å². The highest BCUT2D eigenvalue weighted by molar-refractivity contribution is 6.33. The molecule has 0 radical (unpaired) electrons. The maximum Gasteiger partial charge on any atom is 0.338 e. The van der Waals surface area contributed by atoms with Crippen LogP contribution in [0.1, 0.15) is 15.9 Å². The van der Waals surface area contributed by atoms with Gasteiger partial charge in [0.1, 0.15) is 0 Å². The summed E-state index contributed by atoms with van der Waals surface area (Å²) in [5.41, 5.74) is 7.57. The smallest absolute Gasteiger partial charge is 0.338 e. The number of rotatable bonds is 4. The van der Waals surface area contributed by atoms with Crippen LogP contribution < -0.4 is 5.73 Å². The Balaban J connectivity index is 1.89. The van der Waals surface area contributed by atoms with E-state index in [0.29, 0.717) is 29.3 Å². The number of carbonyl (C=O) groups is 1. The van der Waals surface area contributed by atoms with Crippen LogP contribution in [0.5, 0.6) is 0 Å². The Hall–Kier alpha value is -2.00. The fourth-order valence-electron chi connectivity index (χ4n) is 1.64. The molecule has 0 aliphatic heterocycles. The molecule has 2 rings (SSSR count). The first-order valence-corrected chi connectivity index (χ1v) is 6.30. The first-order chi connectivity index (χ1) is 9.16. The average molecular weight is 276 g/mol. The Kier molecular flexibility index (Phi) is 4.42. The van der Waals surface area contributed by atoms with Crippen molar-refractivity contribution in [2.45, 2.75) is 6.42 Å². The molecule has 0 aliphatic rings. The summed E-state index contributed by atoms with van der Waals surface area (Å²) in [7, 11) is 0.